The van der Waals surface area contributed by atoms with Crippen molar-refractivity contribution in [3.63, 3.8) is 0 Å². The van der Waals surface area contributed by atoms with Crippen LogP contribution in [0.15, 0.2) is 29.1 Å². The SMILES string of the molecule is O=C(CCN1CCOCC1)S(=O)(=O)N(Cc1ncc(-c2nnc(C(F)F)o2)s1)c1cncc(F)c1. The first-order valence-corrected chi connectivity index (χ1v) is 12.5. The number of aromatic nitrogens is 4. The molecule has 0 amide bonds. The molecule has 1 saturated heterocycles. The topological polar surface area (TPSA) is 132 Å². The van der Waals surface area contributed by atoms with Gasteiger partial charge in [0.2, 0.25) is 0 Å². The molecule has 3 aromatic rings. The predicted octanol–water partition coefficient (Wildman–Crippen LogP) is 2.25. The molecule has 0 saturated carbocycles. The number of alkyl halides is 2. The molecule has 35 heavy (non-hydrogen) atoms. The molecule has 1 aliphatic heterocycles. The van der Waals surface area contributed by atoms with Crippen LogP contribution in [0, 0.1) is 5.82 Å². The lowest BCUT2D eigenvalue weighted by Gasteiger charge is -2.27. The number of ether oxygens (including phenoxy) is 1. The Labute approximate surface area is 201 Å². The van der Waals surface area contributed by atoms with Crippen molar-refractivity contribution in [2.75, 3.05) is 37.2 Å². The minimum absolute atomic E-state index is 0.167. The molecule has 3 aromatic heterocycles. The number of carbonyl (C=O) groups is 1. The zero-order chi connectivity index (χ0) is 25.0. The minimum atomic E-state index is -4.59. The quantitative estimate of drug-likeness (QED) is 0.404. The van der Waals surface area contributed by atoms with Crippen LogP contribution in [-0.4, -0.2) is 71.4 Å². The van der Waals surface area contributed by atoms with Crippen LogP contribution in [0.1, 0.15) is 23.7 Å². The van der Waals surface area contributed by atoms with Crippen LogP contribution in [0.4, 0.5) is 18.9 Å². The maximum Gasteiger partial charge on any atom is 0.314 e. The Morgan fingerprint density at radius 1 is 1.20 bits per heavy atom. The average molecular weight is 533 g/mol. The van der Waals surface area contributed by atoms with E-state index in [4.69, 9.17) is 9.15 Å². The summed E-state index contributed by atoms with van der Waals surface area (Å²) >= 11 is 0.896. The van der Waals surface area contributed by atoms with E-state index in [0.717, 1.165) is 29.8 Å². The summed E-state index contributed by atoms with van der Waals surface area (Å²) in [6.45, 7) is 1.94. The number of nitrogens with zero attached hydrogens (tertiary/aromatic N) is 6. The third-order valence-corrected chi connectivity index (χ3v) is 7.63. The zero-order valence-electron chi connectivity index (χ0n) is 18.0. The highest BCUT2D eigenvalue weighted by Crippen LogP contribution is 2.30. The third-order valence-electron chi connectivity index (χ3n) is 4.96. The molecular weight excluding hydrogens is 513 g/mol. The summed E-state index contributed by atoms with van der Waals surface area (Å²) in [5, 5.41) is 5.89. The maximum atomic E-state index is 13.9. The largest absolute Gasteiger partial charge is 0.414 e. The smallest absolute Gasteiger partial charge is 0.314 e. The number of hydrogen-bond acceptors (Lipinski definition) is 11. The molecule has 0 bridgehead atoms. The lowest BCUT2D eigenvalue weighted by molar-refractivity contribution is -0.112. The zero-order valence-corrected chi connectivity index (χ0v) is 19.6. The number of morpholine rings is 1. The molecule has 1 fully saturated rings. The van der Waals surface area contributed by atoms with E-state index in [1.807, 2.05) is 4.90 Å². The van der Waals surface area contributed by atoms with Gasteiger partial charge in [-0.2, -0.15) is 17.2 Å². The molecule has 188 valence electrons. The Balaban J connectivity index is 1.56. The van der Waals surface area contributed by atoms with Crippen LogP contribution in [-0.2, 0) is 26.1 Å². The van der Waals surface area contributed by atoms with Crippen LogP contribution >= 0.6 is 11.3 Å². The van der Waals surface area contributed by atoms with Crippen LogP contribution < -0.4 is 4.31 Å². The molecule has 16 heteroatoms. The second-order valence-electron chi connectivity index (χ2n) is 7.31. The predicted molar refractivity (Wildman–Crippen MR) is 117 cm³/mol. The molecule has 0 spiro atoms. The van der Waals surface area contributed by atoms with Crippen molar-refractivity contribution in [2.24, 2.45) is 0 Å². The van der Waals surface area contributed by atoms with Crippen LogP contribution in [0.25, 0.3) is 10.8 Å². The molecule has 0 atom stereocenters. The Hall–Kier alpha value is -2.95. The molecule has 11 nitrogen and oxygen atoms in total. The molecule has 0 radical (unpaired) electrons. The van der Waals surface area contributed by atoms with Crippen LogP contribution in [0.3, 0.4) is 0 Å². The Bertz CT molecular complexity index is 1280. The summed E-state index contributed by atoms with van der Waals surface area (Å²) in [7, 11) is -4.59. The van der Waals surface area contributed by atoms with Gasteiger partial charge in [-0.25, -0.2) is 9.37 Å². The van der Waals surface area contributed by atoms with Crippen molar-refractivity contribution < 1.29 is 35.5 Å². The Kier molecular flexibility index (Phi) is 7.73. The van der Waals surface area contributed by atoms with Gasteiger partial charge in [0.15, 0.2) is 0 Å². The van der Waals surface area contributed by atoms with Gasteiger partial charge in [-0.1, -0.05) is 0 Å². The van der Waals surface area contributed by atoms with Gasteiger partial charge in [-0.05, 0) is 0 Å². The highest BCUT2D eigenvalue weighted by atomic mass is 32.2. The number of thiazole rings is 1. The molecular formula is C19H19F3N6O5S2. The van der Waals surface area contributed by atoms with Gasteiger partial charge >= 0.3 is 6.43 Å². The van der Waals surface area contributed by atoms with E-state index in [2.05, 4.69) is 20.2 Å². The molecule has 4 heterocycles. The number of carbonyl (C=O) groups excluding carboxylic acids is 1. The third kappa shape index (κ3) is 6.01. The highest BCUT2D eigenvalue weighted by molar-refractivity contribution is 8.07. The first kappa shape index (κ1) is 25.2. The second kappa shape index (κ2) is 10.8. The molecule has 0 unspecified atom stereocenters. The van der Waals surface area contributed by atoms with E-state index in [9.17, 15) is 26.4 Å². The van der Waals surface area contributed by atoms with Crippen LogP contribution in [0.5, 0.6) is 0 Å². The minimum Gasteiger partial charge on any atom is -0.414 e. The summed E-state index contributed by atoms with van der Waals surface area (Å²) < 4.78 is 76.6. The first-order valence-electron chi connectivity index (χ1n) is 10.3. The molecule has 0 aromatic carbocycles. The maximum absolute atomic E-state index is 13.9. The Morgan fingerprint density at radius 3 is 2.66 bits per heavy atom. The number of sulfonamides is 1. The van der Waals surface area contributed by atoms with E-state index in [1.54, 1.807) is 0 Å². The monoisotopic (exact) mass is 532 g/mol. The fourth-order valence-corrected chi connectivity index (χ4v) is 5.38. The van der Waals surface area contributed by atoms with Crippen molar-refractivity contribution in [3.05, 3.63) is 41.4 Å². The average Bonchev–Trinajstić information content (AvgIpc) is 3.51. The lowest BCUT2D eigenvalue weighted by Crippen LogP contribution is -2.40. The van der Waals surface area contributed by atoms with Crippen molar-refractivity contribution in [3.8, 4) is 10.8 Å². The van der Waals surface area contributed by atoms with E-state index in [-0.39, 0.29) is 34.4 Å². The van der Waals surface area contributed by atoms with Gasteiger partial charge < -0.3 is 9.15 Å². The van der Waals surface area contributed by atoms with E-state index >= 15 is 0 Å². The van der Waals surface area contributed by atoms with Gasteiger partial charge in [0, 0.05) is 32.1 Å². The summed E-state index contributed by atoms with van der Waals surface area (Å²) in [5.74, 6) is -1.88. The van der Waals surface area contributed by atoms with E-state index in [0.29, 0.717) is 30.6 Å². The summed E-state index contributed by atoms with van der Waals surface area (Å²) in [4.78, 5) is 22.6. The number of anilines is 1. The number of halogens is 3. The summed E-state index contributed by atoms with van der Waals surface area (Å²) in [6.07, 6.45) is 0.0257. The summed E-state index contributed by atoms with van der Waals surface area (Å²) in [6, 6.07) is 0.932. The van der Waals surface area contributed by atoms with Gasteiger partial charge in [0.25, 0.3) is 26.9 Å². The van der Waals surface area contributed by atoms with E-state index < -0.39 is 39.8 Å². The van der Waals surface area contributed by atoms with Crippen molar-refractivity contribution in [1.29, 1.82) is 0 Å². The number of hydrogen-bond donors (Lipinski definition) is 0. The molecule has 0 N–H and O–H groups in total. The first-order chi connectivity index (χ1) is 16.7. The summed E-state index contributed by atoms with van der Waals surface area (Å²) in [5.41, 5.74) is -0.167. The molecule has 0 aliphatic carbocycles. The number of rotatable bonds is 9. The van der Waals surface area contributed by atoms with Crippen molar-refractivity contribution in [1.82, 2.24) is 25.1 Å². The molecule has 1 aliphatic rings. The van der Waals surface area contributed by atoms with Crippen molar-refractivity contribution >= 4 is 32.2 Å². The van der Waals surface area contributed by atoms with Gasteiger partial charge in [0.1, 0.15) is 15.7 Å². The lowest BCUT2D eigenvalue weighted by atomic mass is 10.3. The number of pyridine rings is 1. The van der Waals surface area contributed by atoms with Gasteiger partial charge in [-0.15, -0.1) is 21.5 Å². The van der Waals surface area contributed by atoms with E-state index in [1.165, 1.54) is 6.20 Å². The second-order valence-corrected chi connectivity index (χ2v) is 10.3. The van der Waals surface area contributed by atoms with Gasteiger partial charge in [-0.3, -0.25) is 19.0 Å². The fourth-order valence-electron chi connectivity index (χ4n) is 3.21. The fraction of sp³-hybridized carbons (Fsp3) is 0.421. The van der Waals surface area contributed by atoms with Crippen LogP contribution in [0.2, 0.25) is 0 Å². The highest BCUT2D eigenvalue weighted by Gasteiger charge is 2.32. The normalized spacial score (nSPS) is 15.0. The molecule has 4 rings (SSSR count). The van der Waals surface area contributed by atoms with Crippen molar-refractivity contribution in [2.45, 2.75) is 19.4 Å². The van der Waals surface area contributed by atoms with Gasteiger partial charge in [0.05, 0.1) is 44.0 Å². The Morgan fingerprint density at radius 2 is 1.97 bits per heavy atom. The standard InChI is InChI=1S/C19H19F3N6O5S2/c20-12-7-13(9-23-8-12)28(35(30,31)16(29)1-2-27-3-5-32-6-4-27)11-15-24-10-14(34-15)18-25-26-19(33-18)17(21)22/h7-10,17H,1-6,11H2.